The van der Waals surface area contributed by atoms with Crippen LogP contribution in [0.25, 0.3) is 10.9 Å². The van der Waals surface area contributed by atoms with Crippen LogP contribution in [0.1, 0.15) is 28.9 Å². The number of halogens is 1. The maximum atomic E-state index is 13.1. The molecule has 0 radical (unpaired) electrons. The summed E-state index contributed by atoms with van der Waals surface area (Å²) in [6.45, 7) is 3.39. The van der Waals surface area contributed by atoms with E-state index < -0.39 is 5.69 Å². The van der Waals surface area contributed by atoms with Gasteiger partial charge >= 0.3 is 5.69 Å². The van der Waals surface area contributed by atoms with Crippen LogP contribution in [0.15, 0.2) is 56.5 Å². The van der Waals surface area contributed by atoms with E-state index in [1.54, 1.807) is 30.0 Å². The van der Waals surface area contributed by atoms with Crippen molar-refractivity contribution in [1.82, 2.24) is 14.5 Å². The predicted octanol–water partition coefficient (Wildman–Crippen LogP) is 2.69. The molecule has 2 aromatic carbocycles. The molecule has 1 amide bonds. The molecule has 1 saturated heterocycles. The number of nitrogens with zero attached hydrogens (tertiary/aromatic N) is 2. The topological polar surface area (TPSA) is 84.4 Å². The number of carbonyl (C=O) groups is 1. The third-order valence-electron chi connectivity index (χ3n) is 5.14. The van der Waals surface area contributed by atoms with Gasteiger partial charge < -0.3 is 14.6 Å². The number of benzene rings is 2. The zero-order valence-electron chi connectivity index (χ0n) is 15.9. The van der Waals surface area contributed by atoms with E-state index >= 15 is 0 Å². The highest BCUT2D eigenvalue weighted by atomic mass is 79.9. The monoisotopic (exact) mass is 457 g/mol. The van der Waals surface area contributed by atoms with Gasteiger partial charge in [-0.2, -0.15) is 0 Å². The van der Waals surface area contributed by atoms with Gasteiger partial charge in [0.15, 0.2) is 0 Å². The zero-order valence-corrected chi connectivity index (χ0v) is 17.4. The van der Waals surface area contributed by atoms with E-state index in [1.165, 1.54) is 0 Å². The van der Waals surface area contributed by atoms with Crippen molar-refractivity contribution in [3.8, 4) is 0 Å². The number of aromatic amines is 1. The number of H-pyrrole nitrogens is 1. The molecule has 29 heavy (non-hydrogen) atoms. The molecule has 0 aliphatic carbocycles. The van der Waals surface area contributed by atoms with Crippen molar-refractivity contribution in [2.24, 2.45) is 0 Å². The van der Waals surface area contributed by atoms with Crippen LogP contribution in [-0.2, 0) is 11.3 Å². The van der Waals surface area contributed by atoms with Crippen molar-refractivity contribution >= 4 is 32.7 Å². The average Bonchev–Trinajstić information content (AvgIpc) is 2.73. The van der Waals surface area contributed by atoms with Gasteiger partial charge in [0.2, 0.25) is 0 Å². The van der Waals surface area contributed by atoms with Crippen molar-refractivity contribution in [1.29, 1.82) is 0 Å². The number of hydrogen-bond donors (Lipinski definition) is 1. The minimum Gasteiger partial charge on any atom is -0.370 e. The van der Waals surface area contributed by atoms with Crippen molar-refractivity contribution in [2.75, 3.05) is 19.7 Å². The number of ether oxygens (including phenoxy) is 1. The van der Waals surface area contributed by atoms with E-state index in [0.29, 0.717) is 36.2 Å². The van der Waals surface area contributed by atoms with Crippen LogP contribution in [0, 0.1) is 0 Å². The Labute approximate surface area is 175 Å². The molecule has 2 heterocycles. The molecule has 1 fully saturated rings. The molecule has 7 nitrogen and oxygen atoms in total. The van der Waals surface area contributed by atoms with Crippen molar-refractivity contribution < 1.29 is 9.53 Å². The first-order valence-corrected chi connectivity index (χ1v) is 10.2. The molecule has 0 bridgehead atoms. The van der Waals surface area contributed by atoms with Crippen LogP contribution >= 0.6 is 15.9 Å². The first-order chi connectivity index (χ1) is 14.0. The summed E-state index contributed by atoms with van der Waals surface area (Å²) in [6.07, 6.45) is -0.196. The fourth-order valence-corrected chi connectivity index (χ4v) is 3.83. The number of carbonyl (C=O) groups excluding carboxylic acids is 1. The lowest BCUT2D eigenvalue weighted by Crippen LogP contribution is -2.42. The Kier molecular flexibility index (Phi) is 5.38. The highest BCUT2D eigenvalue weighted by Crippen LogP contribution is 2.25. The molecule has 3 aromatic rings. The Morgan fingerprint density at radius 1 is 1.21 bits per heavy atom. The molecule has 4 rings (SSSR count). The molecule has 1 aliphatic heterocycles. The molecule has 1 atom stereocenters. The normalized spacial score (nSPS) is 16.9. The van der Waals surface area contributed by atoms with Crippen LogP contribution in [0.4, 0.5) is 0 Å². The van der Waals surface area contributed by atoms with Crippen LogP contribution in [0.2, 0.25) is 0 Å². The summed E-state index contributed by atoms with van der Waals surface area (Å²) in [4.78, 5) is 42.0. The first kappa shape index (κ1) is 19.6. The van der Waals surface area contributed by atoms with Gasteiger partial charge in [0.05, 0.1) is 24.1 Å². The zero-order chi connectivity index (χ0) is 20.5. The van der Waals surface area contributed by atoms with E-state index in [9.17, 15) is 14.4 Å². The fraction of sp³-hybridized carbons (Fsp3) is 0.286. The molecule has 1 unspecified atom stereocenters. The Hall–Kier alpha value is -2.71. The highest BCUT2D eigenvalue weighted by molar-refractivity contribution is 9.10. The third kappa shape index (κ3) is 3.77. The van der Waals surface area contributed by atoms with Gasteiger partial charge in [0.25, 0.3) is 11.5 Å². The summed E-state index contributed by atoms with van der Waals surface area (Å²) in [5.41, 5.74) is 0.975. The lowest BCUT2D eigenvalue weighted by Gasteiger charge is -2.33. The summed E-state index contributed by atoms with van der Waals surface area (Å²) < 4.78 is 7.96. The third-order valence-corrected chi connectivity index (χ3v) is 5.67. The maximum Gasteiger partial charge on any atom is 0.328 e. The quantitative estimate of drug-likeness (QED) is 0.654. The first-order valence-electron chi connectivity index (χ1n) is 9.41. The summed E-state index contributed by atoms with van der Waals surface area (Å²) in [5, 5.41) is 0.387. The molecular formula is C21H20BrN3O4. The van der Waals surface area contributed by atoms with E-state index in [4.69, 9.17) is 4.74 Å². The molecule has 1 N–H and O–H groups in total. The second-order valence-electron chi connectivity index (χ2n) is 6.90. The van der Waals surface area contributed by atoms with Crippen molar-refractivity contribution in [3.63, 3.8) is 0 Å². The molecule has 150 valence electrons. The van der Waals surface area contributed by atoms with Crippen molar-refractivity contribution in [3.05, 3.63) is 78.9 Å². The molecule has 0 saturated carbocycles. The molecule has 1 aliphatic rings. The van der Waals surface area contributed by atoms with Crippen LogP contribution in [-0.4, -0.2) is 40.1 Å². The van der Waals surface area contributed by atoms with Gasteiger partial charge in [-0.05, 0) is 42.8 Å². The van der Waals surface area contributed by atoms with Gasteiger partial charge in [0.1, 0.15) is 6.10 Å². The van der Waals surface area contributed by atoms with Gasteiger partial charge in [-0.15, -0.1) is 0 Å². The number of amides is 1. The Morgan fingerprint density at radius 2 is 1.97 bits per heavy atom. The summed E-state index contributed by atoms with van der Waals surface area (Å²) in [7, 11) is 0. The number of rotatable bonds is 3. The average molecular weight is 458 g/mol. The van der Waals surface area contributed by atoms with Crippen LogP contribution < -0.4 is 11.2 Å². The smallest absolute Gasteiger partial charge is 0.328 e. The lowest BCUT2D eigenvalue weighted by atomic mass is 10.1. The lowest BCUT2D eigenvalue weighted by molar-refractivity contribution is -0.0228. The largest absolute Gasteiger partial charge is 0.370 e. The number of nitrogens with one attached hydrogen (secondary N) is 1. The van der Waals surface area contributed by atoms with Crippen molar-refractivity contribution in [2.45, 2.75) is 19.6 Å². The van der Waals surface area contributed by atoms with Gasteiger partial charge in [-0.1, -0.05) is 28.1 Å². The Bertz CT molecular complexity index is 1180. The second-order valence-corrected chi connectivity index (χ2v) is 7.82. The molecular weight excluding hydrogens is 438 g/mol. The second kappa shape index (κ2) is 7.96. The van der Waals surface area contributed by atoms with E-state index in [0.717, 1.165) is 14.6 Å². The number of fused-ring (bicyclic) bond motifs is 1. The SMILES string of the molecule is CCn1c(=O)[nH]c2cc(C(=O)N3CCOC(c4ccc(Br)cc4)C3)ccc2c1=O. The van der Waals surface area contributed by atoms with Crippen LogP contribution in [0.5, 0.6) is 0 Å². The maximum absolute atomic E-state index is 13.1. The minimum atomic E-state index is -0.476. The molecule has 0 spiro atoms. The van der Waals surface area contributed by atoms with Gasteiger partial charge in [-0.3, -0.25) is 14.2 Å². The minimum absolute atomic E-state index is 0.155. The predicted molar refractivity (Wildman–Crippen MR) is 113 cm³/mol. The fourth-order valence-electron chi connectivity index (χ4n) is 3.57. The Balaban J connectivity index is 1.61. The number of aromatic nitrogens is 2. The van der Waals surface area contributed by atoms with Gasteiger partial charge in [-0.25, -0.2) is 4.79 Å². The summed E-state index contributed by atoms with van der Waals surface area (Å²) in [6, 6.07) is 12.6. The number of hydrogen-bond acceptors (Lipinski definition) is 4. The van der Waals surface area contributed by atoms with E-state index in [1.807, 2.05) is 24.3 Å². The van der Waals surface area contributed by atoms with E-state index in [2.05, 4.69) is 20.9 Å². The summed E-state index contributed by atoms with van der Waals surface area (Å²) >= 11 is 3.42. The highest BCUT2D eigenvalue weighted by Gasteiger charge is 2.26. The number of morpholine rings is 1. The van der Waals surface area contributed by atoms with E-state index in [-0.39, 0.29) is 24.1 Å². The Morgan fingerprint density at radius 3 is 2.69 bits per heavy atom. The van der Waals surface area contributed by atoms with Crippen LogP contribution in [0.3, 0.4) is 0 Å². The molecule has 1 aromatic heterocycles. The summed E-state index contributed by atoms with van der Waals surface area (Å²) in [5.74, 6) is -0.155. The van der Waals surface area contributed by atoms with Gasteiger partial charge in [0, 0.05) is 23.1 Å². The standard InChI is InChI=1S/C21H20BrN3O4/c1-2-25-20(27)16-8-5-14(11-17(16)23-21(25)28)19(26)24-9-10-29-18(12-24)13-3-6-15(22)7-4-13/h3-8,11,18H,2,9-10,12H2,1H3,(H,23,28). The molecule has 8 heteroatoms.